The molecule has 380 valence electrons. The van der Waals surface area contributed by atoms with Crippen molar-refractivity contribution in [1.29, 1.82) is 0 Å². The van der Waals surface area contributed by atoms with Gasteiger partial charge in [-0.15, -0.1) is 0 Å². The first kappa shape index (κ1) is 51.6. The van der Waals surface area contributed by atoms with Crippen molar-refractivity contribution < 1.29 is 57.3 Å². The number of esters is 4. The molecule has 7 saturated heterocycles. The summed E-state index contributed by atoms with van der Waals surface area (Å²) in [6, 6.07) is 0. The highest BCUT2D eigenvalue weighted by molar-refractivity contribution is 6.05. The van der Waals surface area contributed by atoms with Gasteiger partial charge >= 0.3 is 23.9 Å². The number of carbonyl (C=O) groups excluding carboxylic acids is 8. The van der Waals surface area contributed by atoms with Gasteiger partial charge in [0.05, 0.1) is 6.42 Å². The maximum absolute atomic E-state index is 16.1. The molecule has 0 N–H and O–H groups in total. The van der Waals surface area contributed by atoms with Crippen LogP contribution in [0.2, 0.25) is 0 Å². The third kappa shape index (κ3) is 6.68. The quantitative estimate of drug-likeness (QED) is 0.214. The van der Waals surface area contributed by atoms with Gasteiger partial charge in [0.25, 0.3) is 0 Å². The summed E-state index contributed by atoms with van der Waals surface area (Å²) < 4.78 is 26.5. The van der Waals surface area contributed by atoms with E-state index in [2.05, 4.69) is 0 Å². The number of carbonyl (C=O) groups is 8. The van der Waals surface area contributed by atoms with E-state index in [-0.39, 0.29) is 75.0 Å². The fraction of sp³-hybridized carbons (Fsp3) is 0.846. The Labute approximate surface area is 403 Å². The Kier molecular flexibility index (Phi) is 11.0. The molecule has 0 saturated carbocycles. The van der Waals surface area contributed by atoms with E-state index in [1.165, 1.54) is 27.7 Å². The maximum atomic E-state index is 16.1. The van der Waals surface area contributed by atoms with Gasteiger partial charge in [-0.3, -0.25) is 38.4 Å². The molecule has 4 amide bonds. The first-order valence-electron chi connectivity index (χ1n) is 24.6. The zero-order valence-electron chi connectivity index (χ0n) is 44.7. The Hall–Kier alpha value is -4.24. The predicted molar refractivity (Wildman–Crippen MR) is 249 cm³/mol. The highest BCUT2D eigenvalue weighted by Crippen LogP contribution is 2.80. The largest absolute Gasteiger partial charge is 0.462 e. The van der Waals surface area contributed by atoms with Gasteiger partial charge in [0, 0.05) is 123 Å². The number of likely N-dealkylation sites (tertiary alicyclic amines) is 4. The van der Waals surface area contributed by atoms with E-state index in [1.54, 1.807) is 19.6 Å². The van der Waals surface area contributed by atoms with Crippen LogP contribution in [0.4, 0.5) is 0 Å². The van der Waals surface area contributed by atoms with Crippen molar-refractivity contribution in [3.63, 3.8) is 0 Å². The molecule has 0 aromatic carbocycles. The molecule has 3 unspecified atom stereocenters. The van der Waals surface area contributed by atoms with Crippen LogP contribution in [0.25, 0.3) is 0 Å². The van der Waals surface area contributed by atoms with Crippen molar-refractivity contribution in [2.24, 2.45) is 16.7 Å². The predicted octanol–water partition coefficient (Wildman–Crippen LogP) is 6.56. The number of ether oxygens (including phenoxy) is 4. The molecule has 0 aromatic heterocycles. The third-order valence-electron chi connectivity index (χ3n) is 17.5. The molecule has 3 atom stereocenters. The number of hydrogen-bond acceptors (Lipinski definition) is 12. The molecule has 7 heterocycles. The average molecular weight is 953 g/mol. The zero-order valence-corrected chi connectivity index (χ0v) is 44.7. The van der Waals surface area contributed by atoms with Gasteiger partial charge in [0.1, 0.15) is 39.7 Å². The van der Waals surface area contributed by atoms with Gasteiger partial charge in [-0.1, -0.05) is 0 Å². The fourth-order valence-corrected chi connectivity index (χ4v) is 18.6. The van der Waals surface area contributed by atoms with E-state index < -0.39 is 114 Å². The second-order valence-corrected chi connectivity index (χ2v) is 27.1. The minimum Gasteiger partial charge on any atom is -0.462 e. The Bertz CT molecular complexity index is 2220. The van der Waals surface area contributed by atoms with E-state index in [4.69, 9.17) is 18.9 Å². The van der Waals surface area contributed by atoms with Crippen LogP contribution < -0.4 is 0 Å². The lowest BCUT2D eigenvalue weighted by molar-refractivity contribution is -0.395. The Morgan fingerprint density at radius 1 is 0.471 bits per heavy atom. The van der Waals surface area contributed by atoms with Crippen LogP contribution in [0, 0.1) is 16.7 Å². The summed E-state index contributed by atoms with van der Waals surface area (Å²) in [7, 11) is 0. The van der Waals surface area contributed by atoms with Gasteiger partial charge in [0.2, 0.25) is 23.6 Å². The summed E-state index contributed by atoms with van der Waals surface area (Å²) in [4.78, 5) is 124. The average Bonchev–Trinajstić information content (AvgIpc) is 3.03. The molecule has 68 heavy (non-hydrogen) atoms. The van der Waals surface area contributed by atoms with Crippen molar-refractivity contribution in [2.75, 3.05) is 0 Å². The van der Waals surface area contributed by atoms with Crippen molar-refractivity contribution >= 4 is 47.5 Å². The van der Waals surface area contributed by atoms with Crippen molar-refractivity contribution in [3.05, 3.63) is 0 Å². The Balaban J connectivity index is 1.54. The summed E-state index contributed by atoms with van der Waals surface area (Å²) in [5, 5.41) is 0. The Morgan fingerprint density at radius 2 is 0.794 bits per heavy atom. The van der Waals surface area contributed by atoms with Crippen molar-refractivity contribution in [3.8, 4) is 0 Å². The minimum absolute atomic E-state index is 0.0135. The molecule has 3 spiro atoms. The lowest BCUT2D eigenvalue weighted by Gasteiger charge is -2.79. The summed E-state index contributed by atoms with van der Waals surface area (Å²) in [5.41, 5.74) is -16.7. The summed E-state index contributed by atoms with van der Waals surface area (Å²) in [6.45, 7) is 36.3. The minimum atomic E-state index is -2.19. The number of hydrogen-bond donors (Lipinski definition) is 0. The van der Waals surface area contributed by atoms with E-state index in [0.717, 1.165) is 0 Å². The first-order valence-corrected chi connectivity index (χ1v) is 24.6. The highest BCUT2D eigenvalue weighted by atomic mass is 16.6. The van der Waals surface area contributed by atoms with Gasteiger partial charge in [-0.05, 0) is 111 Å². The topological polar surface area (TPSA) is 186 Å². The summed E-state index contributed by atoms with van der Waals surface area (Å²) in [6.07, 6.45) is -0.709. The van der Waals surface area contributed by atoms with Crippen LogP contribution in [0.1, 0.15) is 196 Å². The number of piperidine rings is 4. The van der Waals surface area contributed by atoms with E-state index >= 15 is 19.2 Å². The van der Waals surface area contributed by atoms with E-state index in [9.17, 15) is 19.2 Å². The van der Waals surface area contributed by atoms with E-state index in [0.29, 0.717) is 0 Å². The van der Waals surface area contributed by atoms with Crippen LogP contribution in [-0.2, 0) is 57.3 Å². The van der Waals surface area contributed by atoms with Gasteiger partial charge < -0.3 is 38.5 Å². The molecule has 7 aliphatic rings. The molecule has 7 fully saturated rings. The molecule has 7 rings (SSSR count). The maximum Gasteiger partial charge on any atom is 0.319 e. The zero-order chi connectivity index (χ0) is 51.8. The molecule has 0 aliphatic carbocycles. The van der Waals surface area contributed by atoms with Crippen LogP contribution in [0.3, 0.4) is 0 Å². The van der Waals surface area contributed by atoms with Gasteiger partial charge in [0.15, 0.2) is 0 Å². The van der Waals surface area contributed by atoms with Crippen LogP contribution in [0.5, 0.6) is 0 Å². The van der Waals surface area contributed by atoms with Crippen molar-refractivity contribution in [1.82, 2.24) is 19.6 Å². The first-order chi connectivity index (χ1) is 30.4. The Morgan fingerprint density at radius 3 is 1.12 bits per heavy atom. The highest BCUT2D eigenvalue weighted by Gasteiger charge is 2.97. The van der Waals surface area contributed by atoms with Gasteiger partial charge in [-0.2, -0.15) is 0 Å². The molecular weight excluding hydrogens is 873 g/mol. The molecule has 0 aromatic rings. The molecule has 7 aliphatic heterocycles. The van der Waals surface area contributed by atoms with Gasteiger partial charge in [-0.25, -0.2) is 0 Å². The number of rotatable bonds is 5. The lowest BCUT2D eigenvalue weighted by atomic mass is 9.32. The smallest absolute Gasteiger partial charge is 0.319 e. The fourth-order valence-electron chi connectivity index (χ4n) is 18.6. The van der Waals surface area contributed by atoms with Crippen LogP contribution in [-0.4, -0.2) is 134 Å². The SMILES string of the molecule is CC(=O)N1C(C)(C)CC(OC(=O)CC2(C3(C4C(=O)OC45CC(C)(C)N(C(C)=O)C(C)(C)C5)C(=O)OC34CC(C)(C)N(C(C)=O)C(C)(C)C4)C(=O)OC23CC(C)(C)N(C(C)=O)C(C)(C)C3)CC1(C)C. The summed E-state index contributed by atoms with van der Waals surface area (Å²) in [5.74, 6) is -5.40. The monoisotopic (exact) mass is 953 g/mol. The second kappa shape index (κ2) is 14.4. The van der Waals surface area contributed by atoms with Crippen molar-refractivity contribution in [2.45, 2.75) is 263 Å². The summed E-state index contributed by atoms with van der Waals surface area (Å²) >= 11 is 0. The van der Waals surface area contributed by atoms with E-state index in [1.807, 2.05) is 111 Å². The van der Waals surface area contributed by atoms with Crippen LogP contribution >= 0.6 is 0 Å². The normalized spacial score (nSPS) is 33.5. The number of nitrogens with zero attached hydrogens (tertiary/aromatic N) is 4. The molecule has 16 heteroatoms. The molecule has 0 bridgehead atoms. The second-order valence-electron chi connectivity index (χ2n) is 27.1. The molecular formula is C52H80N4O12. The van der Waals surface area contributed by atoms with Crippen LogP contribution in [0.15, 0.2) is 0 Å². The third-order valence-corrected chi connectivity index (χ3v) is 17.5. The molecule has 0 radical (unpaired) electrons. The standard InChI is InChI=1S/C52H80N4O12/c1-30(57)53-40(5,6)21-34(22-41(53,7)8)65-35(61)23-51(38(63)67-49(51)26-44(13,14)55(32(3)59)45(15,16)27-49)52(39(64)68-50(52)28-46(17,18)56(33(4)60)47(19,20)29-50)36-37(62)66-48(36)24-42(9,10)54(31(2)58)43(11,12)25-48/h34,36H,21-29H2,1-20H3. The lowest BCUT2D eigenvalue weighted by Crippen LogP contribution is -2.94. The molecule has 16 nitrogen and oxygen atoms in total. The number of amides is 4.